The van der Waals surface area contributed by atoms with Crippen LogP contribution in [0.4, 0.5) is 0 Å². The van der Waals surface area contributed by atoms with Gasteiger partial charge in [0.1, 0.15) is 5.76 Å². The second-order valence-electron chi connectivity index (χ2n) is 8.44. The lowest BCUT2D eigenvalue weighted by atomic mass is 9.90. The molecule has 2 aromatic rings. The minimum atomic E-state index is -3.71. The second-order valence-corrected chi connectivity index (χ2v) is 10.7. The summed E-state index contributed by atoms with van der Waals surface area (Å²) in [4.78, 5) is 16.7. The lowest BCUT2D eigenvalue weighted by Crippen LogP contribution is -2.55. The van der Waals surface area contributed by atoms with Gasteiger partial charge in [-0.05, 0) is 50.2 Å². The number of carbonyl (C=O) groups is 1. The Kier molecular flexibility index (Phi) is 5.07. The van der Waals surface area contributed by atoms with Crippen molar-refractivity contribution in [3.8, 4) is 0 Å². The number of nitrogens with zero attached hydrogens (tertiary/aromatic N) is 3. The number of fused-ring (bicyclic) bond motifs is 4. The van der Waals surface area contributed by atoms with Crippen molar-refractivity contribution in [2.45, 2.75) is 61.6 Å². The van der Waals surface area contributed by atoms with Crippen molar-refractivity contribution in [3.63, 3.8) is 0 Å². The molecule has 3 atom stereocenters. The van der Waals surface area contributed by atoms with Gasteiger partial charge in [0.2, 0.25) is 0 Å². The first kappa shape index (κ1) is 20.0. The third kappa shape index (κ3) is 3.74. The summed E-state index contributed by atoms with van der Waals surface area (Å²) in [7, 11) is -3.71. The van der Waals surface area contributed by atoms with Gasteiger partial charge < -0.3 is 9.84 Å². The van der Waals surface area contributed by atoms with E-state index in [1.165, 1.54) is 18.3 Å². The minimum absolute atomic E-state index is 0.00948. The Labute approximate surface area is 180 Å². The van der Waals surface area contributed by atoms with E-state index in [9.17, 15) is 13.2 Å². The molecule has 4 fully saturated rings. The van der Waals surface area contributed by atoms with Crippen molar-refractivity contribution in [2.75, 3.05) is 6.54 Å². The Bertz CT molecular complexity index is 1050. The SMILES string of the molecule is O=C(NC1C[C@H]2CCCC1CN2S(=O)(=O)c1ccc(Cl)cn1)c1cc(C2CC2)on1. The van der Waals surface area contributed by atoms with Crippen LogP contribution in [0.15, 0.2) is 33.9 Å². The van der Waals surface area contributed by atoms with Gasteiger partial charge in [-0.15, -0.1) is 0 Å². The number of amides is 1. The van der Waals surface area contributed by atoms with Gasteiger partial charge in [-0.3, -0.25) is 4.79 Å². The number of hydrogen-bond donors (Lipinski definition) is 1. The summed E-state index contributed by atoms with van der Waals surface area (Å²) in [5, 5.41) is 7.40. The van der Waals surface area contributed by atoms with Gasteiger partial charge >= 0.3 is 0 Å². The van der Waals surface area contributed by atoms with Crippen LogP contribution in [0.3, 0.4) is 0 Å². The van der Waals surface area contributed by atoms with Crippen LogP contribution in [0.2, 0.25) is 5.02 Å². The molecule has 6 rings (SSSR count). The molecular weight excluding hydrogens is 428 g/mol. The Balaban J connectivity index is 1.31. The summed E-state index contributed by atoms with van der Waals surface area (Å²) < 4.78 is 33.2. The number of piperidine rings is 1. The molecule has 2 unspecified atom stereocenters. The maximum atomic E-state index is 13.2. The average molecular weight is 451 g/mol. The summed E-state index contributed by atoms with van der Waals surface area (Å²) >= 11 is 5.85. The van der Waals surface area contributed by atoms with Gasteiger partial charge in [-0.25, -0.2) is 13.4 Å². The highest BCUT2D eigenvalue weighted by Crippen LogP contribution is 2.40. The number of carbonyl (C=O) groups excluding carboxylic acids is 1. The van der Waals surface area contributed by atoms with E-state index in [1.54, 1.807) is 10.4 Å². The van der Waals surface area contributed by atoms with Gasteiger partial charge in [-0.2, -0.15) is 4.31 Å². The van der Waals surface area contributed by atoms with E-state index in [4.69, 9.17) is 16.1 Å². The maximum Gasteiger partial charge on any atom is 0.273 e. The lowest BCUT2D eigenvalue weighted by molar-refractivity contribution is 0.0870. The summed E-state index contributed by atoms with van der Waals surface area (Å²) in [5.41, 5.74) is 0.298. The van der Waals surface area contributed by atoms with Crippen LogP contribution >= 0.6 is 11.6 Å². The number of rotatable bonds is 5. The zero-order valence-electron chi connectivity index (χ0n) is 16.3. The van der Waals surface area contributed by atoms with Crippen LogP contribution in [-0.2, 0) is 10.0 Å². The second kappa shape index (κ2) is 7.62. The molecule has 0 aromatic carbocycles. The molecule has 4 aliphatic rings. The molecule has 2 aromatic heterocycles. The number of nitrogens with one attached hydrogen (secondary N) is 1. The normalized spacial score (nSPS) is 27.0. The third-order valence-electron chi connectivity index (χ3n) is 6.36. The molecule has 2 bridgehead atoms. The van der Waals surface area contributed by atoms with Crippen molar-refractivity contribution in [2.24, 2.45) is 5.92 Å². The smallest absolute Gasteiger partial charge is 0.273 e. The van der Waals surface area contributed by atoms with E-state index in [1.807, 2.05) is 0 Å². The van der Waals surface area contributed by atoms with Crippen molar-refractivity contribution in [1.29, 1.82) is 0 Å². The van der Waals surface area contributed by atoms with Crippen LogP contribution < -0.4 is 5.32 Å². The number of halogens is 1. The Morgan fingerprint density at radius 1 is 1.23 bits per heavy atom. The molecule has 160 valence electrons. The van der Waals surface area contributed by atoms with E-state index in [0.29, 0.717) is 29.6 Å². The molecule has 8 nitrogen and oxygen atoms in total. The molecule has 2 saturated heterocycles. The highest BCUT2D eigenvalue weighted by molar-refractivity contribution is 7.89. The lowest BCUT2D eigenvalue weighted by Gasteiger charge is -2.40. The molecule has 2 saturated carbocycles. The molecule has 2 aliphatic carbocycles. The van der Waals surface area contributed by atoms with Gasteiger partial charge in [0.25, 0.3) is 15.9 Å². The number of pyridine rings is 1. The van der Waals surface area contributed by atoms with E-state index in [0.717, 1.165) is 37.9 Å². The van der Waals surface area contributed by atoms with Crippen molar-refractivity contribution in [3.05, 3.63) is 40.9 Å². The fourth-order valence-corrected chi connectivity index (χ4v) is 6.34. The van der Waals surface area contributed by atoms with Gasteiger partial charge in [0, 0.05) is 36.8 Å². The van der Waals surface area contributed by atoms with E-state index in [2.05, 4.69) is 15.5 Å². The maximum absolute atomic E-state index is 13.2. The van der Waals surface area contributed by atoms with Crippen molar-refractivity contribution >= 4 is 27.5 Å². The van der Waals surface area contributed by atoms with Crippen LogP contribution in [0.1, 0.15) is 60.7 Å². The Morgan fingerprint density at radius 2 is 2.07 bits per heavy atom. The quantitative estimate of drug-likeness (QED) is 0.750. The highest BCUT2D eigenvalue weighted by Gasteiger charge is 2.44. The van der Waals surface area contributed by atoms with Crippen molar-refractivity contribution < 1.29 is 17.7 Å². The molecule has 30 heavy (non-hydrogen) atoms. The first-order valence-electron chi connectivity index (χ1n) is 10.3. The van der Waals surface area contributed by atoms with Crippen LogP contribution in [0.5, 0.6) is 0 Å². The zero-order valence-corrected chi connectivity index (χ0v) is 17.9. The van der Waals surface area contributed by atoms with Crippen LogP contribution in [0.25, 0.3) is 0 Å². The first-order chi connectivity index (χ1) is 14.4. The molecule has 4 heterocycles. The predicted octanol–water partition coefficient (Wildman–Crippen LogP) is 2.96. The van der Waals surface area contributed by atoms with E-state index < -0.39 is 10.0 Å². The fourth-order valence-electron chi connectivity index (χ4n) is 4.59. The molecular formula is C20H23ClN4O4S. The molecule has 0 radical (unpaired) electrons. The molecule has 10 heteroatoms. The van der Waals surface area contributed by atoms with Crippen LogP contribution in [-0.4, -0.2) is 47.4 Å². The number of hydrogen-bond acceptors (Lipinski definition) is 6. The molecule has 1 amide bonds. The average Bonchev–Trinajstić information content (AvgIpc) is 3.52. The fraction of sp³-hybridized carbons (Fsp3) is 0.550. The van der Waals surface area contributed by atoms with Crippen LogP contribution in [0, 0.1) is 5.92 Å². The number of aromatic nitrogens is 2. The molecule has 0 spiro atoms. The standard InChI is InChI=1S/C20H23ClN4O4S/c21-14-6-7-19(22-10-14)30(27,28)25-11-13-2-1-3-15(25)8-16(13)23-20(26)17-9-18(29-24-17)12-4-5-12/h6-7,9-10,12-13,15-16H,1-5,8,11H2,(H,23,26)/t13?,15-,16?/m1/s1. The summed E-state index contributed by atoms with van der Waals surface area (Å²) in [6, 6.07) is 4.45. The summed E-state index contributed by atoms with van der Waals surface area (Å²) in [6.07, 6.45) is 6.65. The minimum Gasteiger partial charge on any atom is -0.360 e. The van der Waals surface area contributed by atoms with Crippen molar-refractivity contribution in [1.82, 2.24) is 19.8 Å². The predicted molar refractivity (Wildman–Crippen MR) is 109 cm³/mol. The monoisotopic (exact) mass is 450 g/mol. The Hall–Kier alpha value is -1.97. The van der Waals surface area contributed by atoms with Gasteiger partial charge in [0.05, 0.1) is 5.02 Å². The van der Waals surface area contributed by atoms with Gasteiger partial charge in [0.15, 0.2) is 10.7 Å². The molecule has 2 aliphatic heterocycles. The van der Waals surface area contributed by atoms with E-state index in [-0.39, 0.29) is 28.9 Å². The zero-order chi connectivity index (χ0) is 20.9. The van der Waals surface area contributed by atoms with Gasteiger partial charge in [-0.1, -0.05) is 23.2 Å². The number of sulfonamides is 1. The topological polar surface area (TPSA) is 105 Å². The molecule has 1 N–H and O–H groups in total. The highest BCUT2D eigenvalue weighted by atomic mass is 35.5. The van der Waals surface area contributed by atoms with E-state index >= 15 is 0 Å². The Morgan fingerprint density at radius 3 is 2.80 bits per heavy atom. The largest absolute Gasteiger partial charge is 0.360 e. The first-order valence-corrected chi connectivity index (χ1v) is 12.1. The summed E-state index contributed by atoms with van der Waals surface area (Å²) in [5.74, 6) is 0.963. The summed E-state index contributed by atoms with van der Waals surface area (Å²) in [6.45, 7) is 0.369. The third-order valence-corrected chi connectivity index (χ3v) is 8.42.